The minimum Gasteiger partial charge on any atom is -1.00 e. The fourth-order valence-electron chi connectivity index (χ4n) is 3.48. The van der Waals surface area contributed by atoms with Crippen LogP contribution >= 0.6 is 0 Å². The Morgan fingerprint density at radius 3 is 1.53 bits per heavy atom. The molecule has 1 N–H and O–H groups in total. The van der Waals surface area contributed by atoms with E-state index in [0.29, 0.717) is 23.2 Å². The Morgan fingerprint density at radius 1 is 0.633 bits per heavy atom. The van der Waals surface area contributed by atoms with E-state index in [1.165, 1.54) is 24.3 Å². The van der Waals surface area contributed by atoms with Gasteiger partial charge in [0.25, 0.3) is 0 Å². The fourth-order valence-corrected chi connectivity index (χ4v) is 3.48. The second kappa shape index (κ2) is 9.28. The maximum atomic E-state index is 13.5. The van der Waals surface area contributed by atoms with E-state index in [0.717, 1.165) is 5.56 Å². The van der Waals surface area contributed by atoms with Gasteiger partial charge in [-0.1, -0.05) is 54.6 Å². The van der Waals surface area contributed by atoms with Crippen molar-refractivity contribution < 1.29 is 35.4 Å². The Balaban J connectivity index is 0.00000256. The average Bonchev–Trinajstić information content (AvgIpc) is 2.75. The number of aliphatic hydroxyl groups is 1. The Labute approximate surface area is 184 Å². The largest absolute Gasteiger partial charge is 1.00 e. The van der Waals surface area contributed by atoms with Gasteiger partial charge in [-0.3, -0.25) is 0 Å². The van der Waals surface area contributed by atoms with Gasteiger partial charge in [0, 0.05) is 23.3 Å². The molecule has 0 aliphatic heterocycles. The van der Waals surface area contributed by atoms with Gasteiger partial charge in [-0.2, -0.15) is 0 Å². The van der Waals surface area contributed by atoms with Crippen LogP contribution in [0.3, 0.4) is 0 Å². The molecule has 0 bridgehead atoms. The van der Waals surface area contributed by atoms with Crippen molar-refractivity contribution in [3.8, 4) is 0 Å². The summed E-state index contributed by atoms with van der Waals surface area (Å²) in [5, 5.41) is 11.7. The minimum absolute atomic E-state index is 0. The summed E-state index contributed by atoms with van der Waals surface area (Å²) in [6.45, 7) is 0.701. The zero-order valence-corrected chi connectivity index (χ0v) is 17.6. The van der Waals surface area contributed by atoms with Crippen molar-refractivity contribution in [3.63, 3.8) is 0 Å². The molecule has 0 saturated heterocycles. The normalized spacial score (nSPS) is 11.0. The SMILES string of the molecule is OC(c1ccc(F)cc1)(c1ccc(F)cc1)c1cc[n+](Cc2ccccc2)cc1.[Br-]. The topological polar surface area (TPSA) is 24.1 Å². The van der Waals surface area contributed by atoms with E-state index in [-0.39, 0.29) is 28.6 Å². The summed E-state index contributed by atoms with van der Waals surface area (Å²) >= 11 is 0. The van der Waals surface area contributed by atoms with Gasteiger partial charge >= 0.3 is 0 Å². The van der Waals surface area contributed by atoms with Crippen LogP contribution in [0.15, 0.2) is 103 Å². The Kier molecular flexibility index (Phi) is 6.75. The van der Waals surface area contributed by atoms with E-state index < -0.39 is 5.60 Å². The predicted octanol–water partition coefficient (Wildman–Crippen LogP) is 1.59. The van der Waals surface area contributed by atoms with E-state index in [2.05, 4.69) is 0 Å². The van der Waals surface area contributed by atoms with Gasteiger partial charge in [-0.25, -0.2) is 13.3 Å². The molecular weight excluding hydrogens is 448 g/mol. The summed E-state index contributed by atoms with van der Waals surface area (Å²) in [6.07, 6.45) is 3.78. The summed E-state index contributed by atoms with van der Waals surface area (Å²) < 4.78 is 28.9. The third-order valence-corrected chi connectivity index (χ3v) is 5.04. The molecule has 4 aromatic rings. The molecule has 0 saturated carbocycles. The van der Waals surface area contributed by atoms with Crippen LogP contribution in [-0.2, 0) is 12.1 Å². The molecule has 0 radical (unpaired) electrons. The van der Waals surface area contributed by atoms with Crippen LogP contribution < -0.4 is 21.5 Å². The number of hydrogen-bond donors (Lipinski definition) is 1. The molecule has 4 rings (SSSR count). The molecule has 1 aromatic heterocycles. The van der Waals surface area contributed by atoms with Crippen molar-refractivity contribution in [3.05, 3.63) is 137 Å². The molecule has 0 atom stereocenters. The number of halogens is 3. The molecular formula is C25H20BrF2NO. The van der Waals surface area contributed by atoms with Crippen LogP contribution in [0, 0.1) is 11.6 Å². The van der Waals surface area contributed by atoms with Crippen LogP contribution in [0.2, 0.25) is 0 Å². The molecule has 30 heavy (non-hydrogen) atoms. The predicted molar refractivity (Wildman–Crippen MR) is 107 cm³/mol. The standard InChI is InChI=1S/C25H20F2NO.BrH/c26-23-10-6-20(7-11-23)25(29,21-8-12-24(27)13-9-21)22-14-16-28(17-15-22)18-19-4-2-1-3-5-19;/h1-17,29H,18H2;1H/q+1;/p-1. The number of nitrogens with zero attached hydrogens (tertiary/aromatic N) is 1. The molecule has 0 unspecified atom stereocenters. The summed E-state index contributed by atoms with van der Waals surface area (Å²) in [5.74, 6) is -0.770. The van der Waals surface area contributed by atoms with Gasteiger partial charge < -0.3 is 22.1 Å². The van der Waals surface area contributed by atoms with Gasteiger partial charge in [-0.15, -0.1) is 0 Å². The first-order valence-electron chi connectivity index (χ1n) is 9.34. The second-order valence-electron chi connectivity index (χ2n) is 6.97. The van der Waals surface area contributed by atoms with Crippen molar-refractivity contribution in [2.24, 2.45) is 0 Å². The van der Waals surface area contributed by atoms with Crippen molar-refractivity contribution in [1.29, 1.82) is 0 Å². The van der Waals surface area contributed by atoms with Gasteiger partial charge in [0.2, 0.25) is 0 Å². The molecule has 5 heteroatoms. The first-order chi connectivity index (χ1) is 14.1. The van der Waals surface area contributed by atoms with Crippen molar-refractivity contribution in [2.45, 2.75) is 12.1 Å². The number of benzene rings is 3. The van der Waals surface area contributed by atoms with E-state index in [1.807, 2.05) is 59.4 Å². The van der Waals surface area contributed by atoms with Crippen LogP contribution in [0.5, 0.6) is 0 Å². The monoisotopic (exact) mass is 467 g/mol. The third-order valence-electron chi connectivity index (χ3n) is 5.04. The highest BCUT2D eigenvalue weighted by Gasteiger charge is 2.34. The maximum absolute atomic E-state index is 13.5. The molecule has 0 amide bonds. The second-order valence-corrected chi connectivity index (χ2v) is 6.97. The molecule has 0 aliphatic rings. The van der Waals surface area contributed by atoms with Crippen molar-refractivity contribution >= 4 is 0 Å². The number of hydrogen-bond acceptors (Lipinski definition) is 1. The molecule has 0 spiro atoms. The van der Waals surface area contributed by atoms with Gasteiger partial charge in [-0.05, 0) is 35.4 Å². The lowest BCUT2D eigenvalue weighted by Gasteiger charge is -2.29. The van der Waals surface area contributed by atoms with Crippen LogP contribution in [0.4, 0.5) is 8.78 Å². The number of aromatic nitrogens is 1. The van der Waals surface area contributed by atoms with Crippen LogP contribution in [0.1, 0.15) is 22.3 Å². The van der Waals surface area contributed by atoms with E-state index >= 15 is 0 Å². The highest BCUT2D eigenvalue weighted by Crippen LogP contribution is 2.36. The van der Waals surface area contributed by atoms with E-state index in [9.17, 15) is 13.9 Å². The lowest BCUT2D eigenvalue weighted by atomic mass is 9.81. The van der Waals surface area contributed by atoms with Crippen LogP contribution in [0.25, 0.3) is 0 Å². The lowest BCUT2D eigenvalue weighted by Crippen LogP contribution is -3.00. The smallest absolute Gasteiger partial charge is 0.173 e. The molecule has 0 aliphatic carbocycles. The summed E-state index contributed by atoms with van der Waals surface area (Å²) in [6, 6.07) is 25.1. The molecule has 1 heterocycles. The van der Waals surface area contributed by atoms with Gasteiger partial charge in [0.1, 0.15) is 17.2 Å². The van der Waals surface area contributed by atoms with Crippen LogP contribution in [-0.4, -0.2) is 5.11 Å². The molecule has 3 aromatic carbocycles. The molecule has 152 valence electrons. The zero-order valence-electron chi connectivity index (χ0n) is 16.1. The summed E-state index contributed by atoms with van der Waals surface area (Å²) in [7, 11) is 0. The lowest BCUT2D eigenvalue weighted by molar-refractivity contribution is -0.688. The van der Waals surface area contributed by atoms with Gasteiger partial charge in [0.15, 0.2) is 18.9 Å². The number of rotatable bonds is 5. The van der Waals surface area contributed by atoms with E-state index in [4.69, 9.17) is 0 Å². The fraction of sp³-hybridized carbons (Fsp3) is 0.0800. The molecule has 0 fully saturated rings. The van der Waals surface area contributed by atoms with Crippen molar-refractivity contribution in [2.75, 3.05) is 0 Å². The number of pyridine rings is 1. The Morgan fingerprint density at radius 2 is 1.07 bits per heavy atom. The zero-order chi connectivity index (χ0) is 20.3. The van der Waals surface area contributed by atoms with Gasteiger partial charge in [0.05, 0.1) is 0 Å². The average molecular weight is 468 g/mol. The Hall–Kier alpha value is -2.89. The minimum atomic E-state index is -1.53. The summed E-state index contributed by atoms with van der Waals surface area (Å²) in [4.78, 5) is 0. The van der Waals surface area contributed by atoms with E-state index in [1.54, 1.807) is 24.3 Å². The molecule has 2 nitrogen and oxygen atoms in total. The summed E-state index contributed by atoms with van der Waals surface area (Å²) in [5.41, 5.74) is 1.25. The quantitative estimate of drug-likeness (QED) is 0.443. The van der Waals surface area contributed by atoms with Crippen molar-refractivity contribution in [1.82, 2.24) is 0 Å². The third kappa shape index (κ3) is 4.48. The highest BCUT2D eigenvalue weighted by atomic mass is 79.9. The highest BCUT2D eigenvalue weighted by molar-refractivity contribution is 5.46. The first kappa shape index (κ1) is 21.8. The first-order valence-corrected chi connectivity index (χ1v) is 9.34. The Bertz CT molecular complexity index is 1040. The maximum Gasteiger partial charge on any atom is 0.173 e.